The molecule has 1 unspecified atom stereocenters. The van der Waals surface area contributed by atoms with Crippen molar-refractivity contribution in [1.29, 1.82) is 0 Å². The summed E-state index contributed by atoms with van der Waals surface area (Å²) in [6.07, 6.45) is -4.66. The molecule has 150 valence electrons. The Morgan fingerprint density at radius 1 is 0.964 bits per heavy atom. The molecular weight excluding hydrogens is 377 g/mol. The molecule has 0 radical (unpaired) electrons. The standard InChI is InChI=1S/C19H19F3N2O4/c1-11(12-8-9-15(27-2)16(10-12)28-3)23-17(25)18(26)24-14-7-5-4-6-13(14)19(20,21)22/h4-11H,1-3H3,(H,23,25)(H,24,26). The molecule has 2 amide bonds. The van der Waals surface area contributed by atoms with E-state index in [9.17, 15) is 22.8 Å². The maximum Gasteiger partial charge on any atom is 0.418 e. The first kappa shape index (κ1) is 21.1. The van der Waals surface area contributed by atoms with Crippen LogP contribution in [0.1, 0.15) is 24.1 Å². The lowest BCUT2D eigenvalue weighted by Gasteiger charge is -2.17. The molecule has 28 heavy (non-hydrogen) atoms. The van der Waals surface area contributed by atoms with Gasteiger partial charge in [0.25, 0.3) is 0 Å². The Morgan fingerprint density at radius 3 is 2.21 bits per heavy atom. The predicted octanol–water partition coefficient (Wildman–Crippen LogP) is 3.54. The van der Waals surface area contributed by atoms with Gasteiger partial charge in [-0.25, -0.2) is 0 Å². The lowest BCUT2D eigenvalue weighted by atomic mass is 10.1. The number of alkyl halides is 3. The predicted molar refractivity (Wildman–Crippen MR) is 96.2 cm³/mol. The number of benzene rings is 2. The number of hydrogen-bond donors (Lipinski definition) is 2. The number of hydrogen-bond acceptors (Lipinski definition) is 4. The van der Waals surface area contributed by atoms with Crippen LogP contribution in [-0.4, -0.2) is 26.0 Å². The van der Waals surface area contributed by atoms with Gasteiger partial charge in [-0.1, -0.05) is 18.2 Å². The van der Waals surface area contributed by atoms with Crippen LogP contribution in [0.15, 0.2) is 42.5 Å². The molecule has 0 fully saturated rings. The minimum absolute atomic E-state index is 0.435. The van der Waals surface area contributed by atoms with Crippen molar-refractivity contribution in [3.63, 3.8) is 0 Å². The number of nitrogens with one attached hydrogen (secondary N) is 2. The molecule has 0 saturated heterocycles. The van der Waals surface area contributed by atoms with Crippen molar-refractivity contribution in [1.82, 2.24) is 5.32 Å². The molecule has 2 N–H and O–H groups in total. The fourth-order valence-electron chi connectivity index (χ4n) is 2.49. The highest BCUT2D eigenvalue weighted by atomic mass is 19.4. The van der Waals surface area contributed by atoms with Crippen molar-refractivity contribution in [2.45, 2.75) is 19.1 Å². The molecule has 0 heterocycles. The van der Waals surface area contributed by atoms with Crippen LogP contribution in [-0.2, 0) is 15.8 Å². The zero-order valence-electron chi connectivity index (χ0n) is 15.4. The number of amides is 2. The Hall–Kier alpha value is -3.23. The fraction of sp³-hybridized carbons (Fsp3) is 0.263. The summed E-state index contributed by atoms with van der Waals surface area (Å²) in [6, 6.07) is 8.74. The highest BCUT2D eigenvalue weighted by Gasteiger charge is 2.34. The zero-order chi connectivity index (χ0) is 20.9. The second-order valence-electron chi connectivity index (χ2n) is 5.81. The molecule has 0 aliphatic heterocycles. The van der Waals surface area contributed by atoms with Crippen LogP contribution in [0.3, 0.4) is 0 Å². The first-order valence-electron chi connectivity index (χ1n) is 8.17. The van der Waals surface area contributed by atoms with E-state index in [-0.39, 0.29) is 0 Å². The number of rotatable bonds is 5. The van der Waals surface area contributed by atoms with Gasteiger partial charge in [-0.3, -0.25) is 9.59 Å². The summed E-state index contributed by atoms with van der Waals surface area (Å²) in [4.78, 5) is 24.2. The SMILES string of the molecule is COc1ccc(C(C)NC(=O)C(=O)Nc2ccccc2C(F)(F)F)cc1OC. The van der Waals surface area contributed by atoms with E-state index in [1.165, 1.54) is 26.4 Å². The van der Waals surface area contributed by atoms with Crippen molar-refractivity contribution in [2.75, 3.05) is 19.5 Å². The van der Waals surface area contributed by atoms with E-state index in [1.807, 2.05) is 5.32 Å². The lowest BCUT2D eigenvalue weighted by Crippen LogP contribution is -2.37. The van der Waals surface area contributed by atoms with Gasteiger partial charge in [0, 0.05) is 0 Å². The molecular formula is C19H19F3N2O4. The number of ether oxygens (including phenoxy) is 2. The van der Waals surface area contributed by atoms with E-state index in [0.717, 1.165) is 12.1 Å². The van der Waals surface area contributed by atoms with Crippen molar-refractivity contribution in [2.24, 2.45) is 0 Å². The van der Waals surface area contributed by atoms with Gasteiger partial charge in [-0.15, -0.1) is 0 Å². The topological polar surface area (TPSA) is 76.7 Å². The number of carbonyl (C=O) groups is 2. The third-order valence-corrected chi connectivity index (χ3v) is 3.94. The van der Waals surface area contributed by atoms with E-state index in [1.54, 1.807) is 25.1 Å². The molecule has 0 aliphatic rings. The molecule has 9 heteroatoms. The van der Waals surface area contributed by atoms with Crippen LogP contribution in [0.4, 0.5) is 18.9 Å². The van der Waals surface area contributed by atoms with Crippen LogP contribution in [0, 0.1) is 0 Å². The van der Waals surface area contributed by atoms with Gasteiger partial charge < -0.3 is 20.1 Å². The smallest absolute Gasteiger partial charge is 0.418 e. The van der Waals surface area contributed by atoms with E-state index in [4.69, 9.17) is 9.47 Å². The normalized spacial score (nSPS) is 12.1. The van der Waals surface area contributed by atoms with Crippen LogP contribution in [0.5, 0.6) is 11.5 Å². The summed E-state index contributed by atoms with van der Waals surface area (Å²) < 4.78 is 49.3. The number of halogens is 3. The Morgan fingerprint density at radius 2 is 1.61 bits per heavy atom. The quantitative estimate of drug-likeness (QED) is 0.758. The summed E-state index contributed by atoms with van der Waals surface area (Å²) >= 11 is 0. The van der Waals surface area contributed by atoms with E-state index in [0.29, 0.717) is 17.1 Å². The monoisotopic (exact) mass is 396 g/mol. The fourth-order valence-corrected chi connectivity index (χ4v) is 2.49. The van der Waals surface area contributed by atoms with Gasteiger partial charge >= 0.3 is 18.0 Å². The van der Waals surface area contributed by atoms with Crippen molar-refractivity contribution in [3.8, 4) is 11.5 Å². The molecule has 0 saturated carbocycles. The van der Waals surface area contributed by atoms with Gasteiger partial charge in [0.15, 0.2) is 11.5 Å². The van der Waals surface area contributed by atoms with Crippen LogP contribution < -0.4 is 20.1 Å². The average Bonchev–Trinajstić information content (AvgIpc) is 2.66. The van der Waals surface area contributed by atoms with Gasteiger partial charge in [-0.05, 0) is 36.8 Å². The maximum atomic E-state index is 13.0. The average molecular weight is 396 g/mol. The van der Waals surface area contributed by atoms with E-state index < -0.39 is 35.3 Å². The molecule has 0 spiro atoms. The Labute approximate surface area is 159 Å². The van der Waals surface area contributed by atoms with Crippen molar-refractivity contribution >= 4 is 17.5 Å². The van der Waals surface area contributed by atoms with E-state index in [2.05, 4.69) is 5.32 Å². The minimum Gasteiger partial charge on any atom is -0.493 e. The molecule has 0 aliphatic carbocycles. The summed E-state index contributed by atoms with van der Waals surface area (Å²) in [5, 5.41) is 4.43. The largest absolute Gasteiger partial charge is 0.493 e. The Bertz CT molecular complexity index is 868. The molecule has 2 aromatic rings. The molecule has 1 atom stereocenters. The first-order chi connectivity index (χ1) is 13.2. The first-order valence-corrected chi connectivity index (χ1v) is 8.17. The number of anilines is 1. The van der Waals surface area contributed by atoms with Gasteiger partial charge in [0.1, 0.15) is 0 Å². The van der Waals surface area contributed by atoms with Gasteiger partial charge in [0.05, 0.1) is 31.5 Å². The van der Waals surface area contributed by atoms with Crippen molar-refractivity contribution < 1.29 is 32.2 Å². The number of methoxy groups -OCH3 is 2. The minimum atomic E-state index is -4.66. The molecule has 6 nitrogen and oxygen atoms in total. The molecule has 0 bridgehead atoms. The third kappa shape index (κ3) is 4.93. The van der Waals surface area contributed by atoms with Crippen LogP contribution in [0.2, 0.25) is 0 Å². The summed E-state index contributed by atoms with van der Waals surface area (Å²) in [6.45, 7) is 1.62. The number of carbonyl (C=O) groups excluding carboxylic acids is 2. The summed E-state index contributed by atoms with van der Waals surface area (Å²) in [7, 11) is 2.93. The summed E-state index contributed by atoms with van der Waals surface area (Å²) in [5.41, 5.74) is -0.910. The molecule has 0 aromatic heterocycles. The molecule has 2 aromatic carbocycles. The van der Waals surface area contributed by atoms with E-state index >= 15 is 0 Å². The highest BCUT2D eigenvalue weighted by Crippen LogP contribution is 2.34. The third-order valence-electron chi connectivity index (χ3n) is 3.94. The maximum absolute atomic E-state index is 13.0. The van der Waals surface area contributed by atoms with Gasteiger partial charge in [-0.2, -0.15) is 13.2 Å². The zero-order valence-corrected chi connectivity index (χ0v) is 15.4. The second kappa shape index (κ2) is 8.64. The number of para-hydroxylation sites is 1. The van der Waals surface area contributed by atoms with Crippen LogP contribution >= 0.6 is 0 Å². The van der Waals surface area contributed by atoms with Crippen molar-refractivity contribution in [3.05, 3.63) is 53.6 Å². The lowest BCUT2D eigenvalue weighted by molar-refractivity contribution is -0.138. The summed E-state index contributed by atoms with van der Waals surface area (Å²) in [5.74, 6) is -1.35. The molecule has 2 rings (SSSR count). The Kier molecular flexibility index (Phi) is 6.50. The van der Waals surface area contributed by atoms with Gasteiger partial charge in [0.2, 0.25) is 0 Å². The Balaban J connectivity index is 2.10. The van der Waals surface area contributed by atoms with Crippen LogP contribution in [0.25, 0.3) is 0 Å². The second-order valence-corrected chi connectivity index (χ2v) is 5.81. The highest BCUT2D eigenvalue weighted by molar-refractivity contribution is 6.39.